The van der Waals surface area contributed by atoms with E-state index in [-0.39, 0.29) is 0 Å². The van der Waals surface area contributed by atoms with Gasteiger partial charge in [-0.05, 0) is 20.8 Å². The van der Waals surface area contributed by atoms with Crippen LogP contribution in [-0.4, -0.2) is 17.7 Å². The highest BCUT2D eigenvalue weighted by Gasteiger charge is 2.21. The van der Waals surface area contributed by atoms with Crippen LogP contribution < -0.4 is 9.47 Å². The third-order valence-corrected chi connectivity index (χ3v) is 2.52. The van der Waals surface area contributed by atoms with Crippen LogP contribution in [0.5, 0.6) is 0 Å². The van der Waals surface area contributed by atoms with E-state index in [4.69, 9.17) is 0 Å². The molecule has 1 aromatic heterocycles. The lowest BCUT2D eigenvalue weighted by atomic mass is 10.5. The van der Waals surface area contributed by atoms with Crippen molar-refractivity contribution >= 4 is 12.1 Å². The third-order valence-electron chi connectivity index (χ3n) is 2.52. The summed E-state index contributed by atoms with van der Waals surface area (Å²) in [5, 5.41) is 0. The van der Waals surface area contributed by atoms with E-state index in [2.05, 4.69) is 54.6 Å². The van der Waals surface area contributed by atoms with Crippen molar-refractivity contribution in [3.63, 3.8) is 0 Å². The Hall–Kier alpha value is -1.25. The molecule has 0 saturated carbocycles. The second-order valence-electron chi connectivity index (χ2n) is 3.41. The van der Waals surface area contributed by atoms with Crippen molar-refractivity contribution in [2.24, 2.45) is 7.05 Å². The Kier molecular flexibility index (Phi) is 3.33. The summed E-state index contributed by atoms with van der Waals surface area (Å²) in [6.45, 7) is 12.3. The Morgan fingerprint density at radius 3 is 2.50 bits per heavy atom. The summed E-state index contributed by atoms with van der Waals surface area (Å²) in [4.78, 5) is 2.31. The Labute approximate surface area is 86.3 Å². The number of hydrogen-bond acceptors (Lipinski definition) is 1. The summed E-state index contributed by atoms with van der Waals surface area (Å²) >= 11 is 0. The normalized spacial score (nSPS) is 10.3. The molecule has 1 aromatic rings. The van der Waals surface area contributed by atoms with Gasteiger partial charge in [-0.1, -0.05) is 6.58 Å². The van der Waals surface area contributed by atoms with E-state index in [9.17, 15) is 0 Å². The van der Waals surface area contributed by atoms with Gasteiger partial charge in [-0.3, -0.25) is 4.90 Å². The molecule has 0 amide bonds. The molecule has 0 aromatic carbocycles. The lowest BCUT2D eigenvalue weighted by Gasteiger charge is -2.14. The second-order valence-corrected chi connectivity index (χ2v) is 3.41. The SMILES string of the molecule is C=Cn1c(C)c[n+](C)c1N(CC)CC. The molecule has 3 nitrogen and oxygen atoms in total. The molecule has 0 bridgehead atoms. The molecule has 1 heterocycles. The van der Waals surface area contributed by atoms with E-state index in [1.807, 2.05) is 6.20 Å². The van der Waals surface area contributed by atoms with E-state index >= 15 is 0 Å². The van der Waals surface area contributed by atoms with Crippen LogP contribution in [-0.2, 0) is 7.05 Å². The van der Waals surface area contributed by atoms with Crippen molar-refractivity contribution < 1.29 is 4.57 Å². The molecule has 0 saturated heterocycles. The maximum atomic E-state index is 3.84. The number of aryl methyl sites for hydroxylation is 2. The Balaban J connectivity index is 3.22. The summed E-state index contributed by atoms with van der Waals surface area (Å²) in [5.74, 6) is 1.20. The molecule has 0 aliphatic heterocycles. The minimum absolute atomic E-state index is 1.02. The van der Waals surface area contributed by atoms with Crippen LogP contribution in [0.1, 0.15) is 19.5 Å². The quantitative estimate of drug-likeness (QED) is 0.663. The summed E-state index contributed by atoms with van der Waals surface area (Å²) < 4.78 is 4.26. The van der Waals surface area contributed by atoms with E-state index < -0.39 is 0 Å². The van der Waals surface area contributed by atoms with Crippen molar-refractivity contribution in [2.45, 2.75) is 20.8 Å². The Bertz CT molecular complexity index is 322. The topological polar surface area (TPSA) is 12.0 Å². The van der Waals surface area contributed by atoms with Crippen LogP contribution in [0.3, 0.4) is 0 Å². The standard InChI is InChI=1S/C11H20N3/c1-6-13(7-2)11-12(5)9-10(4)14(11)8-3/h8-9H,3,6-7H2,1-2,4-5H3/q+1. The molecule has 0 N–H and O–H groups in total. The van der Waals surface area contributed by atoms with Gasteiger partial charge in [0.2, 0.25) is 0 Å². The van der Waals surface area contributed by atoms with Crippen LogP contribution in [0.2, 0.25) is 0 Å². The van der Waals surface area contributed by atoms with Gasteiger partial charge in [0.05, 0.1) is 32.5 Å². The number of imidazole rings is 1. The minimum Gasteiger partial charge on any atom is -0.264 e. The molecule has 78 valence electrons. The zero-order valence-electron chi connectivity index (χ0n) is 9.62. The molecule has 14 heavy (non-hydrogen) atoms. The van der Waals surface area contributed by atoms with Gasteiger partial charge < -0.3 is 0 Å². The molecule has 3 heteroatoms. The van der Waals surface area contributed by atoms with Crippen LogP contribution in [0.25, 0.3) is 6.20 Å². The molecule has 0 aliphatic rings. The maximum absolute atomic E-state index is 3.84. The van der Waals surface area contributed by atoms with Crippen LogP contribution in [0.15, 0.2) is 12.8 Å². The first-order valence-electron chi connectivity index (χ1n) is 5.10. The molecular weight excluding hydrogens is 174 g/mol. The number of anilines is 1. The number of nitrogens with zero attached hydrogens (tertiary/aromatic N) is 3. The van der Waals surface area contributed by atoms with Gasteiger partial charge in [0.15, 0.2) is 0 Å². The van der Waals surface area contributed by atoms with Gasteiger partial charge in [0.1, 0.15) is 5.69 Å². The first-order valence-corrected chi connectivity index (χ1v) is 5.10. The molecule has 0 spiro atoms. The van der Waals surface area contributed by atoms with E-state index in [0.717, 1.165) is 13.1 Å². The van der Waals surface area contributed by atoms with Crippen molar-refractivity contribution in [2.75, 3.05) is 18.0 Å². The number of rotatable bonds is 4. The molecule has 0 radical (unpaired) electrons. The largest absolute Gasteiger partial charge is 0.364 e. The highest BCUT2D eigenvalue weighted by Crippen LogP contribution is 2.12. The number of aromatic nitrogens is 2. The minimum atomic E-state index is 1.02. The van der Waals surface area contributed by atoms with E-state index in [0.29, 0.717) is 0 Å². The monoisotopic (exact) mass is 194 g/mol. The van der Waals surface area contributed by atoms with Gasteiger partial charge >= 0.3 is 5.95 Å². The predicted molar refractivity (Wildman–Crippen MR) is 60.3 cm³/mol. The summed E-state index contributed by atoms with van der Waals surface area (Å²) in [6.07, 6.45) is 3.98. The van der Waals surface area contributed by atoms with Gasteiger partial charge in [-0.15, -0.1) is 0 Å². The van der Waals surface area contributed by atoms with Crippen molar-refractivity contribution in [1.29, 1.82) is 0 Å². The van der Waals surface area contributed by atoms with Crippen molar-refractivity contribution in [3.05, 3.63) is 18.5 Å². The number of hydrogen-bond donors (Lipinski definition) is 0. The average molecular weight is 194 g/mol. The fraction of sp³-hybridized carbons (Fsp3) is 0.545. The van der Waals surface area contributed by atoms with Gasteiger partial charge in [-0.25, -0.2) is 9.13 Å². The van der Waals surface area contributed by atoms with Crippen LogP contribution >= 0.6 is 0 Å². The van der Waals surface area contributed by atoms with Crippen LogP contribution in [0, 0.1) is 6.92 Å². The third kappa shape index (κ3) is 1.67. The maximum Gasteiger partial charge on any atom is 0.364 e. The van der Waals surface area contributed by atoms with Crippen molar-refractivity contribution in [1.82, 2.24) is 4.57 Å². The van der Waals surface area contributed by atoms with E-state index in [1.165, 1.54) is 11.6 Å². The summed E-state index contributed by atoms with van der Waals surface area (Å²) in [6, 6.07) is 0. The molecular formula is C11H20N3+. The van der Waals surface area contributed by atoms with E-state index in [1.54, 1.807) is 0 Å². The average Bonchev–Trinajstić information content (AvgIpc) is 2.44. The highest BCUT2D eigenvalue weighted by atomic mass is 15.3. The first kappa shape index (κ1) is 10.8. The molecule has 0 atom stereocenters. The van der Waals surface area contributed by atoms with Gasteiger partial charge in [0, 0.05) is 0 Å². The summed E-state index contributed by atoms with van der Waals surface area (Å²) in [5.41, 5.74) is 1.21. The van der Waals surface area contributed by atoms with Crippen molar-refractivity contribution in [3.8, 4) is 0 Å². The van der Waals surface area contributed by atoms with Gasteiger partial charge in [-0.2, -0.15) is 0 Å². The summed E-state index contributed by atoms with van der Waals surface area (Å²) in [7, 11) is 2.07. The zero-order chi connectivity index (χ0) is 10.7. The lowest BCUT2D eigenvalue weighted by molar-refractivity contribution is -0.657. The predicted octanol–water partition coefficient (Wildman–Crippen LogP) is 1.57. The first-order chi connectivity index (χ1) is 6.65. The lowest BCUT2D eigenvalue weighted by Crippen LogP contribution is -2.38. The smallest absolute Gasteiger partial charge is 0.264 e. The Morgan fingerprint density at radius 2 is 2.07 bits per heavy atom. The molecule has 0 fully saturated rings. The molecule has 0 unspecified atom stereocenters. The Morgan fingerprint density at radius 1 is 1.50 bits per heavy atom. The fourth-order valence-electron chi connectivity index (χ4n) is 1.84. The second kappa shape index (κ2) is 4.31. The fourth-order valence-corrected chi connectivity index (χ4v) is 1.84. The molecule has 1 rings (SSSR count). The zero-order valence-corrected chi connectivity index (χ0v) is 9.62. The molecule has 0 aliphatic carbocycles. The van der Waals surface area contributed by atoms with Gasteiger partial charge in [0.25, 0.3) is 0 Å². The highest BCUT2D eigenvalue weighted by molar-refractivity contribution is 5.37. The van der Waals surface area contributed by atoms with Crippen LogP contribution in [0.4, 0.5) is 5.95 Å².